The van der Waals surface area contributed by atoms with E-state index in [1.54, 1.807) is 23.1 Å². The van der Waals surface area contributed by atoms with Crippen LogP contribution in [0.15, 0.2) is 23.1 Å². The molecule has 0 radical (unpaired) electrons. The smallest absolute Gasteiger partial charge is 0.255 e. The summed E-state index contributed by atoms with van der Waals surface area (Å²) < 4.78 is 5.33. The van der Waals surface area contributed by atoms with Crippen molar-refractivity contribution in [1.29, 1.82) is 0 Å². The summed E-state index contributed by atoms with van der Waals surface area (Å²) in [4.78, 5) is 14.9. The third-order valence-corrected chi connectivity index (χ3v) is 4.01. The third kappa shape index (κ3) is 3.88. The molecule has 3 nitrogen and oxygen atoms in total. The van der Waals surface area contributed by atoms with Gasteiger partial charge in [-0.3, -0.25) is 4.79 Å². The summed E-state index contributed by atoms with van der Waals surface area (Å²) >= 11 is 10.3. The van der Waals surface area contributed by atoms with E-state index in [2.05, 4.69) is 12.6 Å². The van der Waals surface area contributed by atoms with E-state index in [1.165, 1.54) is 0 Å². The fraction of sp³-hybridized carbons (Fsp3) is 0.500. The van der Waals surface area contributed by atoms with E-state index in [9.17, 15) is 4.79 Å². The lowest BCUT2D eigenvalue weighted by atomic mass is 9.99. The number of nitrogens with zero attached hydrogens (tertiary/aromatic N) is 1. The first-order chi connectivity index (χ1) is 9.08. The quantitative estimate of drug-likeness (QED) is 0.869. The van der Waals surface area contributed by atoms with Gasteiger partial charge in [0.15, 0.2) is 0 Å². The molecule has 1 aromatic carbocycles. The van der Waals surface area contributed by atoms with Gasteiger partial charge in [-0.25, -0.2) is 0 Å². The summed E-state index contributed by atoms with van der Waals surface area (Å²) in [5.41, 5.74) is 0.517. The van der Waals surface area contributed by atoms with Crippen molar-refractivity contribution in [3.63, 3.8) is 0 Å². The van der Waals surface area contributed by atoms with Gasteiger partial charge in [-0.1, -0.05) is 11.6 Å². The van der Waals surface area contributed by atoms with Gasteiger partial charge in [0, 0.05) is 31.7 Å². The zero-order valence-electron chi connectivity index (χ0n) is 10.9. The number of rotatable bonds is 3. The normalized spacial score (nSPS) is 16.4. The second kappa shape index (κ2) is 6.64. The van der Waals surface area contributed by atoms with Crippen LogP contribution >= 0.6 is 24.2 Å². The summed E-state index contributed by atoms with van der Waals surface area (Å²) in [6.07, 6.45) is 2.02. The number of hydrogen-bond acceptors (Lipinski definition) is 3. The zero-order chi connectivity index (χ0) is 13.8. The van der Waals surface area contributed by atoms with Crippen molar-refractivity contribution in [3.8, 4) is 0 Å². The lowest BCUT2D eigenvalue weighted by Crippen LogP contribution is -2.34. The van der Waals surface area contributed by atoms with Crippen molar-refractivity contribution in [2.24, 2.45) is 5.92 Å². The van der Waals surface area contributed by atoms with E-state index in [4.69, 9.17) is 16.3 Å². The van der Waals surface area contributed by atoms with Crippen LogP contribution in [0.5, 0.6) is 0 Å². The van der Waals surface area contributed by atoms with Gasteiger partial charge in [-0.2, -0.15) is 0 Å². The summed E-state index contributed by atoms with van der Waals surface area (Å²) in [6, 6.07) is 5.20. The molecule has 0 atom stereocenters. The van der Waals surface area contributed by atoms with Crippen LogP contribution in [0.25, 0.3) is 0 Å². The first-order valence-electron chi connectivity index (χ1n) is 6.39. The largest absolute Gasteiger partial charge is 0.381 e. The SMILES string of the molecule is CN(CC1CCOCC1)C(=O)c1cc(S)ccc1Cl. The maximum atomic E-state index is 12.4. The Morgan fingerprint density at radius 1 is 1.47 bits per heavy atom. The molecule has 0 aliphatic carbocycles. The van der Waals surface area contributed by atoms with Gasteiger partial charge in [0.05, 0.1) is 10.6 Å². The molecular weight excluding hydrogens is 282 g/mol. The fourth-order valence-corrected chi connectivity index (χ4v) is 2.68. The topological polar surface area (TPSA) is 29.5 Å². The van der Waals surface area contributed by atoms with Crippen LogP contribution in [0, 0.1) is 5.92 Å². The van der Waals surface area contributed by atoms with Crippen LogP contribution in [-0.4, -0.2) is 37.6 Å². The van der Waals surface area contributed by atoms with Crippen molar-refractivity contribution in [3.05, 3.63) is 28.8 Å². The maximum Gasteiger partial charge on any atom is 0.255 e. The number of thiol groups is 1. The molecule has 0 unspecified atom stereocenters. The molecule has 5 heteroatoms. The van der Waals surface area contributed by atoms with Crippen molar-refractivity contribution >= 4 is 30.1 Å². The predicted molar refractivity (Wildman–Crippen MR) is 79.2 cm³/mol. The van der Waals surface area contributed by atoms with Crippen LogP contribution < -0.4 is 0 Å². The highest BCUT2D eigenvalue weighted by atomic mass is 35.5. The summed E-state index contributed by atoms with van der Waals surface area (Å²) in [5, 5.41) is 0.474. The number of carbonyl (C=O) groups excluding carboxylic acids is 1. The van der Waals surface area contributed by atoms with Crippen LogP contribution in [0.2, 0.25) is 5.02 Å². The van der Waals surface area contributed by atoms with Crippen LogP contribution in [0.1, 0.15) is 23.2 Å². The molecule has 1 aliphatic rings. The average molecular weight is 300 g/mol. The van der Waals surface area contributed by atoms with E-state index in [0.717, 1.165) is 37.5 Å². The standard InChI is InChI=1S/C14H18ClNO2S/c1-16(9-10-4-6-18-7-5-10)14(17)12-8-11(19)2-3-13(12)15/h2-3,8,10,19H,4-7,9H2,1H3. The lowest BCUT2D eigenvalue weighted by Gasteiger charge is -2.27. The number of amides is 1. The Morgan fingerprint density at radius 2 is 2.16 bits per heavy atom. The Balaban J connectivity index is 2.03. The first kappa shape index (κ1) is 14.7. The lowest BCUT2D eigenvalue weighted by molar-refractivity contribution is 0.0497. The molecule has 0 aromatic heterocycles. The first-order valence-corrected chi connectivity index (χ1v) is 7.22. The molecular formula is C14H18ClNO2S. The van der Waals surface area contributed by atoms with Crippen molar-refractivity contribution in [1.82, 2.24) is 4.90 Å². The molecule has 1 heterocycles. The Morgan fingerprint density at radius 3 is 2.84 bits per heavy atom. The highest BCUT2D eigenvalue weighted by Crippen LogP contribution is 2.22. The monoisotopic (exact) mass is 299 g/mol. The van der Waals surface area contributed by atoms with Crippen molar-refractivity contribution < 1.29 is 9.53 Å². The highest BCUT2D eigenvalue weighted by molar-refractivity contribution is 7.80. The maximum absolute atomic E-state index is 12.4. The molecule has 1 aliphatic heterocycles. The number of ether oxygens (including phenoxy) is 1. The van der Waals surface area contributed by atoms with E-state index >= 15 is 0 Å². The second-order valence-electron chi connectivity index (χ2n) is 4.91. The molecule has 0 spiro atoms. The predicted octanol–water partition coefficient (Wildman–Crippen LogP) is 3.13. The van der Waals surface area contributed by atoms with E-state index in [-0.39, 0.29) is 5.91 Å². The summed E-state index contributed by atoms with van der Waals surface area (Å²) in [7, 11) is 1.82. The van der Waals surface area contributed by atoms with Gasteiger partial charge < -0.3 is 9.64 Å². The summed E-state index contributed by atoms with van der Waals surface area (Å²) in [5.74, 6) is 0.466. The minimum atomic E-state index is -0.0487. The van der Waals surface area contributed by atoms with Crippen LogP contribution in [0.3, 0.4) is 0 Å². The number of hydrogen-bond donors (Lipinski definition) is 1. The Hall–Kier alpha value is -0.710. The molecule has 1 amide bonds. The molecule has 1 fully saturated rings. The van der Waals surface area contributed by atoms with Gasteiger partial charge in [0.2, 0.25) is 0 Å². The van der Waals surface area contributed by atoms with E-state index in [1.807, 2.05) is 7.05 Å². The van der Waals surface area contributed by atoms with Crippen LogP contribution in [-0.2, 0) is 4.74 Å². The Bertz CT molecular complexity index is 461. The Kier molecular flexibility index (Phi) is 5.13. The third-order valence-electron chi connectivity index (χ3n) is 3.40. The number of halogens is 1. The molecule has 1 aromatic rings. The van der Waals surface area contributed by atoms with Gasteiger partial charge in [0.25, 0.3) is 5.91 Å². The second-order valence-corrected chi connectivity index (χ2v) is 5.83. The van der Waals surface area contributed by atoms with Gasteiger partial charge in [-0.05, 0) is 37.0 Å². The van der Waals surface area contributed by atoms with Gasteiger partial charge >= 0.3 is 0 Å². The number of carbonyl (C=O) groups is 1. The number of benzene rings is 1. The molecule has 104 valence electrons. The molecule has 0 bridgehead atoms. The summed E-state index contributed by atoms with van der Waals surface area (Å²) in [6.45, 7) is 2.33. The average Bonchev–Trinajstić information content (AvgIpc) is 2.42. The molecule has 2 rings (SSSR count). The fourth-order valence-electron chi connectivity index (χ4n) is 2.28. The van der Waals surface area contributed by atoms with Crippen molar-refractivity contribution in [2.45, 2.75) is 17.7 Å². The molecule has 0 N–H and O–H groups in total. The Labute approximate surface area is 124 Å². The zero-order valence-corrected chi connectivity index (χ0v) is 12.6. The highest BCUT2D eigenvalue weighted by Gasteiger charge is 2.20. The van der Waals surface area contributed by atoms with Gasteiger partial charge in [0.1, 0.15) is 0 Å². The molecule has 19 heavy (non-hydrogen) atoms. The van der Waals surface area contributed by atoms with Gasteiger partial charge in [-0.15, -0.1) is 12.6 Å². The van der Waals surface area contributed by atoms with E-state index in [0.29, 0.717) is 16.5 Å². The minimum absolute atomic E-state index is 0.0487. The van der Waals surface area contributed by atoms with Crippen LogP contribution in [0.4, 0.5) is 0 Å². The minimum Gasteiger partial charge on any atom is -0.381 e. The van der Waals surface area contributed by atoms with Crippen molar-refractivity contribution in [2.75, 3.05) is 26.8 Å². The molecule has 0 saturated carbocycles. The molecule has 1 saturated heterocycles. The van der Waals surface area contributed by atoms with E-state index < -0.39 is 0 Å².